The third kappa shape index (κ3) is 2.22. The molecule has 0 unspecified atom stereocenters. The molecule has 1 saturated heterocycles. The lowest BCUT2D eigenvalue weighted by atomic mass is 9.99. The molecule has 2 heterocycles. The molecule has 3 rings (SSSR count). The number of hydrogen-bond acceptors (Lipinski definition) is 3. The Morgan fingerprint density at radius 3 is 2.83 bits per heavy atom. The van der Waals surface area contributed by atoms with Gasteiger partial charge in [0.05, 0.1) is 6.61 Å². The molecular weight excluding hydrogens is 235 g/mol. The van der Waals surface area contributed by atoms with Gasteiger partial charge in [0, 0.05) is 0 Å². The highest BCUT2D eigenvalue weighted by atomic mass is 19.1. The average Bonchev–Trinajstić information content (AvgIpc) is 2.69. The molecule has 98 valence electrons. The molecule has 0 radical (unpaired) electrons. The Morgan fingerprint density at radius 2 is 2.11 bits per heavy atom. The summed E-state index contributed by atoms with van der Waals surface area (Å²) < 4.78 is 30.3. The van der Waals surface area contributed by atoms with Gasteiger partial charge in [-0.1, -0.05) is 0 Å². The van der Waals surface area contributed by atoms with Crippen molar-refractivity contribution in [1.29, 1.82) is 0 Å². The fraction of sp³-hybridized carbons (Fsp3) is 0.571. The lowest BCUT2D eigenvalue weighted by molar-refractivity contribution is -0.149. The van der Waals surface area contributed by atoms with Crippen LogP contribution in [0.5, 0.6) is 5.75 Å². The summed E-state index contributed by atoms with van der Waals surface area (Å²) in [6.45, 7) is 4.35. The lowest BCUT2D eigenvalue weighted by Crippen LogP contribution is -2.37. The number of aryl methyl sites for hydroxylation is 1. The van der Waals surface area contributed by atoms with Gasteiger partial charge in [-0.05, 0) is 50.5 Å². The van der Waals surface area contributed by atoms with Crippen molar-refractivity contribution in [2.75, 3.05) is 6.61 Å². The minimum Gasteiger partial charge on any atom is -0.487 e. The quantitative estimate of drug-likeness (QED) is 0.769. The van der Waals surface area contributed by atoms with E-state index in [1.807, 2.05) is 13.8 Å². The van der Waals surface area contributed by atoms with Crippen molar-refractivity contribution >= 4 is 0 Å². The molecule has 0 N–H and O–H groups in total. The van der Waals surface area contributed by atoms with Crippen LogP contribution in [0.2, 0.25) is 0 Å². The van der Waals surface area contributed by atoms with E-state index in [0.29, 0.717) is 6.61 Å². The van der Waals surface area contributed by atoms with Crippen LogP contribution in [0, 0.1) is 5.82 Å². The van der Waals surface area contributed by atoms with Gasteiger partial charge in [0.1, 0.15) is 23.8 Å². The van der Waals surface area contributed by atoms with Crippen LogP contribution in [0.1, 0.15) is 25.8 Å². The van der Waals surface area contributed by atoms with E-state index in [9.17, 15) is 4.39 Å². The highest BCUT2D eigenvalue weighted by Gasteiger charge is 2.39. The number of rotatable bonds is 1. The summed E-state index contributed by atoms with van der Waals surface area (Å²) in [5.41, 5.74) is 0.935. The highest BCUT2D eigenvalue weighted by molar-refractivity contribution is 5.36. The van der Waals surface area contributed by atoms with Gasteiger partial charge in [0.15, 0.2) is 5.79 Å². The first-order valence-electron chi connectivity index (χ1n) is 6.30. The topological polar surface area (TPSA) is 27.7 Å². The van der Waals surface area contributed by atoms with E-state index in [1.54, 1.807) is 12.1 Å². The predicted octanol–water partition coefficient (Wildman–Crippen LogP) is 2.67. The van der Waals surface area contributed by atoms with Gasteiger partial charge in [0.25, 0.3) is 0 Å². The van der Waals surface area contributed by atoms with Crippen LogP contribution >= 0.6 is 0 Å². The Hall–Kier alpha value is -1.13. The molecule has 0 aliphatic carbocycles. The first-order valence-corrected chi connectivity index (χ1v) is 6.30. The van der Waals surface area contributed by atoms with Crippen molar-refractivity contribution in [3.05, 3.63) is 29.6 Å². The van der Waals surface area contributed by atoms with E-state index in [2.05, 4.69) is 0 Å². The van der Waals surface area contributed by atoms with Crippen LogP contribution < -0.4 is 4.74 Å². The normalized spacial score (nSPS) is 29.7. The van der Waals surface area contributed by atoms with E-state index in [4.69, 9.17) is 14.2 Å². The Balaban J connectivity index is 1.74. The summed E-state index contributed by atoms with van der Waals surface area (Å²) >= 11 is 0. The summed E-state index contributed by atoms with van der Waals surface area (Å²) in [6.07, 6.45) is 1.60. The van der Waals surface area contributed by atoms with Gasteiger partial charge >= 0.3 is 0 Å². The van der Waals surface area contributed by atoms with E-state index >= 15 is 0 Å². The summed E-state index contributed by atoms with van der Waals surface area (Å²) in [7, 11) is 0. The zero-order valence-corrected chi connectivity index (χ0v) is 10.6. The molecule has 0 spiro atoms. The van der Waals surface area contributed by atoms with E-state index in [0.717, 1.165) is 24.2 Å². The van der Waals surface area contributed by atoms with Crippen LogP contribution in [-0.2, 0) is 15.9 Å². The number of benzene rings is 1. The Labute approximate surface area is 106 Å². The summed E-state index contributed by atoms with van der Waals surface area (Å²) in [4.78, 5) is 0. The molecule has 2 aliphatic heterocycles. The van der Waals surface area contributed by atoms with Crippen LogP contribution in [0.4, 0.5) is 4.39 Å². The maximum Gasteiger partial charge on any atom is 0.163 e. The fourth-order valence-electron chi connectivity index (χ4n) is 2.54. The van der Waals surface area contributed by atoms with E-state index in [-0.39, 0.29) is 18.0 Å². The minimum atomic E-state index is -0.531. The van der Waals surface area contributed by atoms with Gasteiger partial charge in [-0.3, -0.25) is 0 Å². The predicted molar refractivity (Wildman–Crippen MR) is 64.0 cm³/mol. The summed E-state index contributed by atoms with van der Waals surface area (Å²) in [5.74, 6) is 0.0234. The second-order valence-electron chi connectivity index (χ2n) is 5.31. The molecule has 1 aromatic rings. The monoisotopic (exact) mass is 252 g/mol. The Morgan fingerprint density at radius 1 is 1.28 bits per heavy atom. The van der Waals surface area contributed by atoms with E-state index < -0.39 is 5.79 Å². The SMILES string of the molecule is CC1(C)OC[C@H]([C@H]2CCc3cc(F)ccc3O2)O1. The maximum atomic E-state index is 13.1. The van der Waals surface area contributed by atoms with Crippen molar-refractivity contribution in [1.82, 2.24) is 0 Å². The molecule has 0 aromatic heterocycles. The average molecular weight is 252 g/mol. The van der Waals surface area contributed by atoms with Crippen LogP contribution in [-0.4, -0.2) is 24.6 Å². The smallest absolute Gasteiger partial charge is 0.163 e. The number of fused-ring (bicyclic) bond motifs is 1. The first kappa shape index (κ1) is 11.9. The highest BCUT2D eigenvalue weighted by Crippen LogP contribution is 2.33. The van der Waals surface area contributed by atoms with Gasteiger partial charge in [-0.25, -0.2) is 4.39 Å². The van der Waals surface area contributed by atoms with Crippen molar-refractivity contribution in [3.63, 3.8) is 0 Å². The van der Waals surface area contributed by atoms with Gasteiger partial charge in [-0.15, -0.1) is 0 Å². The molecule has 0 saturated carbocycles. The van der Waals surface area contributed by atoms with Crippen molar-refractivity contribution in [2.24, 2.45) is 0 Å². The largest absolute Gasteiger partial charge is 0.487 e. The number of hydrogen-bond donors (Lipinski definition) is 0. The number of ether oxygens (including phenoxy) is 3. The van der Waals surface area contributed by atoms with Gasteiger partial charge in [-0.2, -0.15) is 0 Å². The standard InChI is InChI=1S/C14H17FO3/c1-14(2)16-8-13(18-14)12-5-3-9-7-10(15)4-6-11(9)17-12/h4,6-7,12-13H,3,5,8H2,1-2H3/t12-,13-/m1/s1. The van der Waals surface area contributed by atoms with Crippen molar-refractivity contribution in [2.45, 2.75) is 44.7 Å². The molecule has 0 amide bonds. The maximum absolute atomic E-state index is 13.1. The Bertz CT molecular complexity index is 458. The van der Waals surface area contributed by atoms with Crippen molar-refractivity contribution in [3.8, 4) is 5.75 Å². The molecule has 1 aromatic carbocycles. The molecule has 1 fully saturated rings. The first-order chi connectivity index (χ1) is 8.53. The second-order valence-corrected chi connectivity index (χ2v) is 5.31. The van der Waals surface area contributed by atoms with Crippen molar-refractivity contribution < 1.29 is 18.6 Å². The molecular formula is C14H17FO3. The van der Waals surface area contributed by atoms with Crippen LogP contribution in [0.15, 0.2) is 18.2 Å². The molecule has 18 heavy (non-hydrogen) atoms. The van der Waals surface area contributed by atoms with E-state index in [1.165, 1.54) is 6.07 Å². The molecule has 4 heteroatoms. The molecule has 0 bridgehead atoms. The minimum absolute atomic E-state index is 0.00950. The Kier molecular flexibility index (Phi) is 2.79. The van der Waals surface area contributed by atoms with Gasteiger partial charge in [0.2, 0.25) is 0 Å². The lowest BCUT2D eigenvalue weighted by Gasteiger charge is -2.30. The summed E-state index contributed by atoms with van der Waals surface area (Å²) in [6, 6.07) is 4.66. The molecule has 3 nitrogen and oxygen atoms in total. The van der Waals surface area contributed by atoms with Crippen LogP contribution in [0.3, 0.4) is 0 Å². The fourth-order valence-corrected chi connectivity index (χ4v) is 2.54. The molecule has 2 aliphatic rings. The zero-order valence-electron chi connectivity index (χ0n) is 10.6. The summed E-state index contributed by atoms with van der Waals surface area (Å²) in [5, 5.41) is 0. The third-order valence-electron chi connectivity index (χ3n) is 3.44. The second kappa shape index (κ2) is 4.21. The van der Waals surface area contributed by atoms with Gasteiger partial charge < -0.3 is 14.2 Å². The van der Waals surface area contributed by atoms with Crippen LogP contribution in [0.25, 0.3) is 0 Å². The molecule has 2 atom stereocenters. The number of halogens is 1. The third-order valence-corrected chi connectivity index (χ3v) is 3.44. The zero-order chi connectivity index (χ0) is 12.8.